The third-order valence-corrected chi connectivity index (χ3v) is 4.35. The molecule has 0 unspecified atom stereocenters. The fourth-order valence-electron chi connectivity index (χ4n) is 2.64. The first-order chi connectivity index (χ1) is 12.6. The first-order valence-corrected chi connectivity index (χ1v) is 9.78. The third kappa shape index (κ3) is 8.84. The van der Waals surface area contributed by atoms with Gasteiger partial charge in [-0.25, -0.2) is 4.79 Å². The van der Waals surface area contributed by atoms with E-state index in [-0.39, 0.29) is 11.9 Å². The van der Waals surface area contributed by atoms with Gasteiger partial charge in [0.25, 0.3) is 5.91 Å². The van der Waals surface area contributed by atoms with Crippen molar-refractivity contribution in [3.05, 3.63) is 42.0 Å². The van der Waals surface area contributed by atoms with Crippen LogP contribution in [0.2, 0.25) is 0 Å². The highest BCUT2D eigenvalue weighted by Crippen LogP contribution is 2.09. The van der Waals surface area contributed by atoms with Crippen LogP contribution in [0.4, 0.5) is 0 Å². The smallest absolute Gasteiger partial charge is 0.328 e. The standard InChI is InChI=1S/C22H33NO3/c1-4-6-7-8-9-10-11-12-17-26-22(25)18(3)23-21(24)20-15-13-19(5-2)14-16-20/h5,13-16,18H,2,4,6-12,17H2,1,3H3,(H,23,24)/t18-/m0/s1. The zero-order chi connectivity index (χ0) is 19.2. The van der Waals surface area contributed by atoms with Crippen LogP contribution in [-0.2, 0) is 9.53 Å². The number of ether oxygens (including phenoxy) is 1. The van der Waals surface area contributed by atoms with Crippen LogP contribution in [-0.4, -0.2) is 24.5 Å². The van der Waals surface area contributed by atoms with E-state index >= 15 is 0 Å². The predicted octanol–water partition coefficient (Wildman–Crippen LogP) is 5.13. The number of rotatable bonds is 13. The molecule has 0 aliphatic heterocycles. The number of carbonyl (C=O) groups is 2. The van der Waals surface area contributed by atoms with Gasteiger partial charge in [0.15, 0.2) is 0 Å². The molecule has 1 aromatic carbocycles. The fourth-order valence-corrected chi connectivity index (χ4v) is 2.64. The number of amides is 1. The van der Waals surface area contributed by atoms with Crippen LogP contribution in [0.25, 0.3) is 6.08 Å². The molecule has 1 rings (SSSR count). The van der Waals surface area contributed by atoms with Crippen LogP contribution < -0.4 is 5.32 Å². The lowest BCUT2D eigenvalue weighted by molar-refractivity contribution is -0.145. The van der Waals surface area contributed by atoms with Crippen LogP contribution in [0.1, 0.15) is 81.1 Å². The van der Waals surface area contributed by atoms with Crippen molar-refractivity contribution in [2.75, 3.05) is 6.61 Å². The number of nitrogens with one attached hydrogen (secondary N) is 1. The normalized spacial score (nSPS) is 11.6. The van der Waals surface area contributed by atoms with Crippen LogP contribution in [0.5, 0.6) is 0 Å². The molecule has 0 saturated heterocycles. The van der Waals surface area contributed by atoms with Gasteiger partial charge in [-0.2, -0.15) is 0 Å². The summed E-state index contributed by atoms with van der Waals surface area (Å²) in [4.78, 5) is 24.1. The maximum Gasteiger partial charge on any atom is 0.328 e. The Morgan fingerprint density at radius 1 is 1.04 bits per heavy atom. The van der Waals surface area contributed by atoms with Gasteiger partial charge in [0.2, 0.25) is 0 Å². The van der Waals surface area contributed by atoms with Gasteiger partial charge in [-0.3, -0.25) is 4.79 Å². The van der Waals surface area contributed by atoms with E-state index in [0.29, 0.717) is 12.2 Å². The maximum atomic E-state index is 12.1. The first-order valence-electron chi connectivity index (χ1n) is 9.78. The zero-order valence-corrected chi connectivity index (χ0v) is 16.3. The lowest BCUT2D eigenvalue weighted by Crippen LogP contribution is -2.39. The summed E-state index contributed by atoms with van der Waals surface area (Å²) in [5.74, 6) is -0.666. The Balaban J connectivity index is 2.17. The van der Waals surface area contributed by atoms with Crippen molar-refractivity contribution in [1.82, 2.24) is 5.32 Å². The Labute approximate surface area is 158 Å². The second-order valence-corrected chi connectivity index (χ2v) is 6.66. The summed E-state index contributed by atoms with van der Waals surface area (Å²) >= 11 is 0. The Kier molecular flexibility index (Phi) is 11.1. The molecular formula is C22H33NO3. The van der Waals surface area contributed by atoms with Gasteiger partial charge < -0.3 is 10.1 Å². The van der Waals surface area contributed by atoms with Gasteiger partial charge >= 0.3 is 5.97 Å². The largest absolute Gasteiger partial charge is 0.464 e. The fraction of sp³-hybridized carbons (Fsp3) is 0.545. The molecule has 4 nitrogen and oxygen atoms in total. The first kappa shape index (κ1) is 21.9. The second-order valence-electron chi connectivity index (χ2n) is 6.66. The number of esters is 1. The van der Waals surface area contributed by atoms with Crippen LogP contribution in [0.15, 0.2) is 30.8 Å². The SMILES string of the molecule is C=Cc1ccc(C(=O)N[C@@H](C)C(=O)OCCCCCCCCCC)cc1. The molecule has 1 atom stereocenters. The molecule has 144 valence electrons. The summed E-state index contributed by atoms with van der Waals surface area (Å²) < 4.78 is 5.26. The van der Waals surface area contributed by atoms with Gasteiger partial charge in [0.1, 0.15) is 6.04 Å². The number of benzene rings is 1. The molecule has 0 heterocycles. The monoisotopic (exact) mass is 359 g/mol. The minimum absolute atomic E-state index is 0.280. The molecule has 0 aliphatic carbocycles. The minimum Gasteiger partial charge on any atom is -0.464 e. The highest BCUT2D eigenvalue weighted by Gasteiger charge is 2.17. The molecule has 0 spiro atoms. The summed E-state index contributed by atoms with van der Waals surface area (Å²) in [6.07, 6.45) is 11.3. The predicted molar refractivity (Wildman–Crippen MR) is 107 cm³/mol. The molecule has 1 N–H and O–H groups in total. The van der Waals surface area contributed by atoms with Gasteiger partial charge in [0, 0.05) is 5.56 Å². The van der Waals surface area contributed by atoms with Crippen molar-refractivity contribution in [3.8, 4) is 0 Å². The van der Waals surface area contributed by atoms with E-state index in [9.17, 15) is 9.59 Å². The molecule has 4 heteroatoms. The van der Waals surface area contributed by atoms with E-state index in [0.717, 1.165) is 18.4 Å². The van der Waals surface area contributed by atoms with Crippen LogP contribution in [0.3, 0.4) is 0 Å². The summed E-state index contributed by atoms with van der Waals surface area (Å²) in [6, 6.07) is 6.39. The number of hydrogen-bond donors (Lipinski definition) is 1. The molecule has 1 amide bonds. The molecule has 26 heavy (non-hydrogen) atoms. The average molecular weight is 360 g/mol. The summed E-state index contributed by atoms with van der Waals surface area (Å²) in [5, 5.41) is 2.67. The molecule has 1 aromatic rings. The third-order valence-electron chi connectivity index (χ3n) is 4.35. The van der Waals surface area contributed by atoms with Gasteiger partial charge in [-0.05, 0) is 31.0 Å². The Hall–Kier alpha value is -2.10. The summed E-state index contributed by atoms with van der Waals surface area (Å²) in [7, 11) is 0. The van der Waals surface area contributed by atoms with Gasteiger partial charge in [-0.1, -0.05) is 76.7 Å². The molecule has 0 fully saturated rings. The summed E-state index contributed by atoms with van der Waals surface area (Å²) in [5.41, 5.74) is 1.46. The van der Waals surface area contributed by atoms with Gasteiger partial charge in [0.05, 0.1) is 6.61 Å². The zero-order valence-electron chi connectivity index (χ0n) is 16.3. The number of carbonyl (C=O) groups excluding carboxylic acids is 2. The van der Waals surface area contributed by atoms with Crippen LogP contribution in [0, 0.1) is 0 Å². The highest BCUT2D eigenvalue weighted by molar-refractivity contribution is 5.96. The van der Waals surface area contributed by atoms with Crippen molar-refractivity contribution in [1.29, 1.82) is 0 Å². The van der Waals surface area contributed by atoms with Crippen molar-refractivity contribution in [2.24, 2.45) is 0 Å². The van der Waals surface area contributed by atoms with E-state index in [4.69, 9.17) is 4.74 Å². The molecule has 0 radical (unpaired) electrons. The molecule has 0 aliphatic rings. The highest BCUT2D eigenvalue weighted by atomic mass is 16.5. The summed E-state index contributed by atoms with van der Waals surface area (Å²) in [6.45, 7) is 7.96. The van der Waals surface area contributed by atoms with E-state index in [2.05, 4.69) is 18.8 Å². The van der Waals surface area contributed by atoms with Gasteiger partial charge in [-0.15, -0.1) is 0 Å². The topological polar surface area (TPSA) is 55.4 Å². The number of hydrogen-bond acceptors (Lipinski definition) is 3. The lowest BCUT2D eigenvalue weighted by Gasteiger charge is -2.13. The van der Waals surface area contributed by atoms with Crippen molar-refractivity contribution >= 4 is 18.0 Å². The molecule has 0 aromatic heterocycles. The molecule has 0 saturated carbocycles. The van der Waals surface area contributed by atoms with Crippen molar-refractivity contribution in [3.63, 3.8) is 0 Å². The molecular weight excluding hydrogens is 326 g/mol. The van der Waals surface area contributed by atoms with E-state index < -0.39 is 6.04 Å². The second kappa shape index (κ2) is 13.2. The lowest BCUT2D eigenvalue weighted by atomic mass is 10.1. The minimum atomic E-state index is -0.657. The maximum absolute atomic E-state index is 12.1. The Morgan fingerprint density at radius 3 is 2.19 bits per heavy atom. The van der Waals surface area contributed by atoms with E-state index in [1.807, 2.05) is 12.1 Å². The average Bonchev–Trinajstić information content (AvgIpc) is 2.66. The Bertz CT molecular complexity index is 551. The quantitative estimate of drug-likeness (QED) is 0.392. The van der Waals surface area contributed by atoms with Crippen LogP contribution >= 0.6 is 0 Å². The van der Waals surface area contributed by atoms with Crippen molar-refractivity contribution < 1.29 is 14.3 Å². The molecule has 0 bridgehead atoms. The van der Waals surface area contributed by atoms with E-state index in [1.165, 1.54) is 38.5 Å². The van der Waals surface area contributed by atoms with Crippen molar-refractivity contribution in [2.45, 2.75) is 71.3 Å². The van der Waals surface area contributed by atoms with E-state index in [1.54, 1.807) is 25.1 Å². The number of unbranched alkanes of at least 4 members (excludes halogenated alkanes) is 7. The Morgan fingerprint density at radius 2 is 1.62 bits per heavy atom.